The summed E-state index contributed by atoms with van der Waals surface area (Å²) in [5.74, 6) is -2.64. The Balaban J connectivity index is 4.61. The van der Waals surface area contributed by atoms with E-state index in [-0.39, 0.29) is 12.8 Å². The third kappa shape index (κ3) is 39.8. The van der Waals surface area contributed by atoms with E-state index in [1.807, 2.05) is 12.2 Å². The van der Waals surface area contributed by atoms with E-state index in [4.69, 9.17) is 24.8 Å². The van der Waals surface area contributed by atoms with Crippen molar-refractivity contribution in [3.63, 3.8) is 0 Å². The highest BCUT2D eigenvalue weighted by Crippen LogP contribution is 2.43. The Morgan fingerprint density at radius 3 is 1.76 bits per heavy atom. The smallest absolute Gasteiger partial charge is 0.472 e. The molecule has 0 saturated heterocycles. The minimum atomic E-state index is -4.78. The van der Waals surface area contributed by atoms with Gasteiger partial charge in [0.1, 0.15) is 12.6 Å². The van der Waals surface area contributed by atoms with Gasteiger partial charge in [-0.1, -0.05) is 144 Å². The first-order valence-electron chi connectivity index (χ1n) is 21.7. The molecule has 0 rings (SSSR count). The van der Waals surface area contributed by atoms with E-state index in [2.05, 4.69) is 79.1 Å². The molecule has 12 nitrogen and oxygen atoms in total. The largest absolute Gasteiger partial charge is 0.480 e. The highest BCUT2D eigenvalue weighted by Gasteiger charge is 2.28. The molecule has 0 aromatic carbocycles. The minimum absolute atomic E-state index is 0.0732. The summed E-state index contributed by atoms with van der Waals surface area (Å²) in [5, 5.41) is 19.2. The molecule has 336 valence electrons. The van der Waals surface area contributed by atoms with Crippen molar-refractivity contribution >= 4 is 25.7 Å². The number of phosphoric acid groups is 1. The maximum atomic E-state index is 12.6. The van der Waals surface area contributed by atoms with Crippen LogP contribution < -0.4 is 5.73 Å². The first kappa shape index (κ1) is 55.6. The van der Waals surface area contributed by atoms with E-state index in [0.29, 0.717) is 19.3 Å². The Bertz CT molecular complexity index is 1340. The minimum Gasteiger partial charge on any atom is -0.480 e. The molecule has 0 aliphatic rings. The van der Waals surface area contributed by atoms with Gasteiger partial charge in [-0.2, -0.15) is 0 Å². The number of rotatable bonds is 39. The Kier molecular flexibility index (Phi) is 37.8. The molecule has 5 N–H and O–H groups in total. The van der Waals surface area contributed by atoms with Crippen LogP contribution in [-0.2, 0) is 37.5 Å². The molecule has 0 aromatic rings. The quantitative estimate of drug-likeness (QED) is 0.0151. The topological polar surface area (TPSA) is 192 Å². The summed E-state index contributed by atoms with van der Waals surface area (Å²) in [6, 6.07) is -1.56. The molecule has 0 fully saturated rings. The number of nitrogens with two attached hydrogens (primary N) is 1. The number of carboxylic acid groups (broad SMARTS) is 1. The number of unbranched alkanes of at least 4 members (excludes halogenated alkanes) is 10. The maximum Gasteiger partial charge on any atom is 0.472 e. The highest BCUT2D eigenvalue weighted by molar-refractivity contribution is 7.47. The number of carboxylic acids is 1. The Morgan fingerprint density at radius 2 is 1.15 bits per heavy atom. The van der Waals surface area contributed by atoms with Gasteiger partial charge in [0.2, 0.25) is 0 Å². The van der Waals surface area contributed by atoms with E-state index in [1.54, 1.807) is 12.2 Å². The van der Waals surface area contributed by atoms with Gasteiger partial charge in [-0.25, -0.2) is 4.57 Å². The summed E-state index contributed by atoms with van der Waals surface area (Å²) in [4.78, 5) is 46.0. The van der Waals surface area contributed by atoms with Crippen LogP contribution in [0.15, 0.2) is 85.1 Å². The normalized spacial score (nSPS) is 15.1. The lowest BCUT2D eigenvalue weighted by Gasteiger charge is -2.20. The monoisotopic (exact) mass is 850 g/mol. The Morgan fingerprint density at radius 1 is 0.627 bits per heavy atom. The number of phosphoric ester groups is 1. The summed E-state index contributed by atoms with van der Waals surface area (Å²) in [6.07, 6.45) is 45.4. The second kappa shape index (κ2) is 40.0. The van der Waals surface area contributed by atoms with Crippen molar-refractivity contribution in [2.75, 3.05) is 19.8 Å². The lowest BCUT2D eigenvalue weighted by atomic mass is 10.1. The van der Waals surface area contributed by atoms with Crippen LogP contribution in [0, 0.1) is 0 Å². The van der Waals surface area contributed by atoms with Crippen LogP contribution in [0.3, 0.4) is 0 Å². The lowest BCUT2D eigenvalue weighted by molar-refractivity contribution is -0.161. The lowest BCUT2D eigenvalue weighted by Crippen LogP contribution is -2.34. The molecule has 0 aliphatic heterocycles. The molecule has 0 spiro atoms. The van der Waals surface area contributed by atoms with Crippen molar-refractivity contribution in [3.05, 3.63) is 85.1 Å². The Labute approximate surface area is 355 Å². The first-order valence-corrected chi connectivity index (χ1v) is 23.2. The zero-order chi connectivity index (χ0) is 43.7. The summed E-state index contributed by atoms with van der Waals surface area (Å²) >= 11 is 0. The summed E-state index contributed by atoms with van der Waals surface area (Å²) in [6.45, 7) is 2.45. The number of esters is 2. The number of aliphatic hydroxyl groups excluding tert-OH is 1. The second-order valence-electron chi connectivity index (χ2n) is 14.3. The van der Waals surface area contributed by atoms with E-state index >= 15 is 0 Å². The van der Waals surface area contributed by atoms with Crippen LogP contribution in [0.2, 0.25) is 0 Å². The molecule has 0 amide bonds. The van der Waals surface area contributed by atoms with E-state index in [0.717, 1.165) is 64.2 Å². The molecule has 59 heavy (non-hydrogen) atoms. The van der Waals surface area contributed by atoms with E-state index in [9.17, 15) is 28.9 Å². The number of ether oxygens (including phenoxy) is 2. The zero-order valence-corrected chi connectivity index (χ0v) is 36.8. The van der Waals surface area contributed by atoms with Gasteiger partial charge in [0.05, 0.1) is 19.3 Å². The van der Waals surface area contributed by atoms with Crippen molar-refractivity contribution in [1.29, 1.82) is 0 Å². The van der Waals surface area contributed by atoms with Gasteiger partial charge in [-0.05, 0) is 77.0 Å². The maximum absolute atomic E-state index is 12.6. The highest BCUT2D eigenvalue weighted by atomic mass is 31.2. The van der Waals surface area contributed by atoms with Crippen LogP contribution >= 0.6 is 7.82 Å². The van der Waals surface area contributed by atoms with Crippen molar-refractivity contribution in [1.82, 2.24) is 0 Å². The third-order valence-electron chi connectivity index (χ3n) is 8.73. The number of carbonyl (C=O) groups is 3. The molecule has 0 aromatic heterocycles. The number of carbonyl (C=O) groups excluding carboxylic acids is 2. The SMILES string of the molecule is CC/C=C\C/C=C\C/C=C\C/C=C\CCCCCCC(=O)OC[C@H](COP(=O)(O)OC[C@H](N)C(=O)O)OC(=O)CCCC(O)/C=C/C=C/C/C=C/CCCCCCCC. The van der Waals surface area contributed by atoms with Crippen LogP contribution in [0.25, 0.3) is 0 Å². The van der Waals surface area contributed by atoms with Crippen molar-refractivity contribution in [2.24, 2.45) is 5.73 Å². The van der Waals surface area contributed by atoms with Gasteiger partial charge in [0.15, 0.2) is 6.10 Å². The third-order valence-corrected chi connectivity index (χ3v) is 9.68. The van der Waals surface area contributed by atoms with Gasteiger partial charge in [0.25, 0.3) is 0 Å². The molecule has 13 heteroatoms. The van der Waals surface area contributed by atoms with E-state index in [1.165, 1.54) is 38.5 Å². The molecule has 0 saturated carbocycles. The number of allylic oxidation sites excluding steroid dienone is 13. The second-order valence-corrected chi connectivity index (χ2v) is 15.7. The summed E-state index contributed by atoms with van der Waals surface area (Å²) in [5.41, 5.74) is 5.32. The van der Waals surface area contributed by atoms with Crippen LogP contribution in [-0.4, -0.2) is 71.1 Å². The average molecular weight is 850 g/mol. The van der Waals surface area contributed by atoms with Crippen LogP contribution in [0.5, 0.6) is 0 Å². The molecule has 0 heterocycles. The number of aliphatic carboxylic acids is 1. The molecule has 2 unspecified atom stereocenters. The number of hydrogen-bond donors (Lipinski definition) is 4. The fraction of sp³-hybridized carbons (Fsp3) is 0.630. The molecule has 0 bridgehead atoms. The number of aliphatic hydroxyl groups is 1. The van der Waals surface area contributed by atoms with Gasteiger partial charge < -0.3 is 30.3 Å². The summed E-state index contributed by atoms with van der Waals surface area (Å²) in [7, 11) is -4.78. The predicted molar refractivity (Wildman–Crippen MR) is 236 cm³/mol. The fourth-order valence-corrected chi connectivity index (χ4v) is 6.08. The van der Waals surface area contributed by atoms with E-state index < -0.39 is 63.8 Å². The average Bonchev–Trinajstić information content (AvgIpc) is 3.20. The standard InChI is InChI=1S/C46H76NO11P/c1-3-5-7-9-11-13-15-17-18-19-20-22-24-26-28-30-32-36-44(49)55-38-42(39-56-59(53,54)57-40-43(47)46(51)52)58-45(50)37-33-35-41(48)34-31-29-27-25-23-21-16-14-12-10-8-6-4-2/h5,7,11,13,17-18,20-23,27,29,31,34,41-43,48H,3-4,6,8-10,12,14-16,19,24-26,28,30,32-33,35-40,47H2,1-2H3,(H,51,52)(H,53,54)/b7-5-,13-11-,18-17-,22-20-,23-21+,29-27+,34-31+/t41?,42-,43+/m1/s1. The first-order chi connectivity index (χ1) is 28.5. The molecule has 4 atom stereocenters. The predicted octanol–water partition coefficient (Wildman–Crippen LogP) is 10.5. The molecule has 0 aliphatic carbocycles. The Hall–Kier alpha value is -3.38. The van der Waals surface area contributed by atoms with Crippen LogP contribution in [0.1, 0.15) is 149 Å². The van der Waals surface area contributed by atoms with Gasteiger partial charge in [0, 0.05) is 12.8 Å². The fourth-order valence-electron chi connectivity index (χ4n) is 5.30. The van der Waals surface area contributed by atoms with Gasteiger partial charge in [-0.15, -0.1) is 0 Å². The summed E-state index contributed by atoms with van der Waals surface area (Å²) < 4.78 is 32.5. The molecular formula is C46H76NO11P. The van der Waals surface area contributed by atoms with Crippen molar-refractivity contribution in [3.8, 4) is 0 Å². The van der Waals surface area contributed by atoms with Gasteiger partial charge >= 0.3 is 25.7 Å². The van der Waals surface area contributed by atoms with Crippen molar-refractivity contribution < 1.29 is 52.6 Å². The van der Waals surface area contributed by atoms with Gasteiger partial charge in [-0.3, -0.25) is 23.4 Å². The van der Waals surface area contributed by atoms with Crippen molar-refractivity contribution in [2.45, 2.75) is 167 Å². The number of hydrogen-bond acceptors (Lipinski definition) is 10. The molecule has 0 radical (unpaired) electrons. The van der Waals surface area contributed by atoms with Crippen LogP contribution in [0.4, 0.5) is 0 Å². The molecular weight excluding hydrogens is 773 g/mol. The zero-order valence-electron chi connectivity index (χ0n) is 35.9.